The molecule has 0 atom stereocenters. The molecule has 2 aromatic heterocycles. The van der Waals surface area contributed by atoms with Gasteiger partial charge in [-0.3, -0.25) is 10.4 Å². The van der Waals surface area contributed by atoms with Crippen LogP contribution in [0.1, 0.15) is 55.1 Å². The molecule has 7 nitrogen and oxygen atoms in total. The average molecular weight is 364 g/mol. The normalized spacial score (nSPS) is 17.9. The maximum atomic E-state index is 12.7. The molecule has 1 aromatic carbocycles. The number of fused-ring (bicyclic) bond motifs is 3. The van der Waals surface area contributed by atoms with Crippen LogP contribution in [0, 0.1) is 0 Å². The molecule has 2 amide bonds. The lowest BCUT2D eigenvalue weighted by Gasteiger charge is -2.26. The minimum Gasteiger partial charge on any atom is -0.357 e. The molecule has 1 saturated carbocycles. The van der Waals surface area contributed by atoms with Gasteiger partial charge in [0, 0.05) is 29.1 Å². The lowest BCUT2D eigenvalue weighted by Crippen LogP contribution is -2.39. The van der Waals surface area contributed by atoms with Crippen LogP contribution in [0.5, 0.6) is 0 Å². The first kappa shape index (κ1) is 16.4. The largest absolute Gasteiger partial charge is 0.357 e. The summed E-state index contributed by atoms with van der Waals surface area (Å²) in [4.78, 5) is 22.5. The van der Waals surface area contributed by atoms with E-state index >= 15 is 0 Å². The standard InChI is InChI=1S/C20H24N6O/c27-20(23-19-22-18(24-25-19)13-6-2-1-3-7-13)26-11-10-15-14-8-4-5-9-16(14)21-17(15)12-26/h4-5,8-9,13,21H,1-3,6-7,10-12H2,(H2,22,23,24,25,27). The Bertz CT molecular complexity index is 968. The monoisotopic (exact) mass is 364 g/mol. The number of aromatic nitrogens is 4. The number of amides is 2. The summed E-state index contributed by atoms with van der Waals surface area (Å²) >= 11 is 0. The topological polar surface area (TPSA) is 89.7 Å². The van der Waals surface area contributed by atoms with Crippen LogP contribution in [0.2, 0.25) is 0 Å². The van der Waals surface area contributed by atoms with E-state index in [2.05, 4.69) is 43.7 Å². The van der Waals surface area contributed by atoms with E-state index in [0.29, 0.717) is 25.0 Å². The Labute approximate surface area is 157 Å². The molecule has 27 heavy (non-hydrogen) atoms. The molecule has 3 aromatic rings. The number of anilines is 1. The van der Waals surface area contributed by atoms with Crippen LogP contribution in [0.25, 0.3) is 10.9 Å². The Morgan fingerprint density at radius 3 is 2.93 bits per heavy atom. The Hall–Kier alpha value is -2.83. The molecule has 0 unspecified atom stereocenters. The number of carbonyl (C=O) groups excluding carboxylic acids is 1. The Balaban J connectivity index is 1.27. The van der Waals surface area contributed by atoms with Gasteiger partial charge in [-0.05, 0) is 30.9 Å². The molecule has 1 aliphatic carbocycles. The van der Waals surface area contributed by atoms with Crippen molar-refractivity contribution in [3.05, 3.63) is 41.3 Å². The van der Waals surface area contributed by atoms with Crippen LogP contribution < -0.4 is 5.32 Å². The highest BCUT2D eigenvalue weighted by Gasteiger charge is 2.25. The summed E-state index contributed by atoms with van der Waals surface area (Å²) in [5.74, 6) is 1.73. The highest BCUT2D eigenvalue weighted by atomic mass is 16.2. The smallest absolute Gasteiger partial charge is 0.324 e. The van der Waals surface area contributed by atoms with Gasteiger partial charge in [0.2, 0.25) is 5.95 Å². The fraction of sp³-hybridized carbons (Fsp3) is 0.450. The number of carbonyl (C=O) groups is 1. The zero-order valence-electron chi connectivity index (χ0n) is 15.3. The lowest BCUT2D eigenvalue weighted by molar-refractivity contribution is 0.205. The number of hydrogen-bond donors (Lipinski definition) is 3. The van der Waals surface area contributed by atoms with E-state index in [4.69, 9.17) is 0 Å². The summed E-state index contributed by atoms with van der Waals surface area (Å²) < 4.78 is 0. The van der Waals surface area contributed by atoms with E-state index in [-0.39, 0.29) is 6.03 Å². The number of H-pyrrole nitrogens is 2. The second-order valence-electron chi connectivity index (χ2n) is 7.61. The molecule has 140 valence electrons. The van der Waals surface area contributed by atoms with Crippen molar-refractivity contribution < 1.29 is 4.79 Å². The van der Waals surface area contributed by atoms with Gasteiger partial charge < -0.3 is 9.88 Å². The van der Waals surface area contributed by atoms with Crippen molar-refractivity contribution >= 4 is 22.9 Å². The summed E-state index contributed by atoms with van der Waals surface area (Å²) in [6, 6.07) is 8.16. The number of rotatable bonds is 2. The maximum Gasteiger partial charge on any atom is 0.324 e. The number of nitrogens with zero attached hydrogens (tertiary/aromatic N) is 3. The van der Waals surface area contributed by atoms with Crippen molar-refractivity contribution in [1.29, 1.82) is 0 Å². The molecule has 2 aliphatic rings. The number of aromatic amines is 2. The number of urea groups is 1. The second kappa shape index (κ2) is 6.72. The van der Waals surface area contributed by atoms with E-state index in [1.807, 2.05) is 11.0 Å². The molecular formula is C20H24N6O. The maximum absolute atomic E-state index is 12.7. The summed E-state index contributed by atoms with van der Waals surface area (Å²) in [6.07, 6.45) is 6.95. The molecule has 0 saturated heterocycles. The van der Waals surface area contributed by atoms with Gasteiger partial charge >= 0.3 is 6.03 Å². The molecule has 0 spiro atoms. The molecule has 5 rings (SSSR count). The third kappa shape index (κ3) is 3.07. The van der Waals surface area contributed by atoms with Gasteiger partial charge in [0.15, 0.2) is 0 Å². The van der Waals surface area contributed by atoms with Crippen molar-refractivity contribution in [3.63, 3.8) is 0 Å². The first-order valence-electron chi connectivity index (χ1n) is 9.84. The minimum absolute atomic E-state index is 0.145. The molecule has 1 fully saturated rings. The molecule has 0 radical (unpaired) electrons. The second-order valence-corrected chi connectivity index (χ2v) is 7.61. The predicted molar refractivity (Wildman–Crippen MR) is 104 cm³/mol. The fourth-order valence-electron chi connectivity index (χ4n) is 4.43. The predicted octanol–water partition coefficient (Wildman–Crippen LogP) is 3.92. The summed E-state index contributed by atoms with van der Waals surface area (Å²) in [5.41, 5.74) is 3.58. The van der Waals surface area contributed by atoms with Crippen molar-refractivity contribution in [3.8, 4) is 0 Å². The average Bonchev–Trinajstić information content (AvgIpc) is 3.32. The molecule has 3 N–H and O–H groups in total. The molecular weight excluding hydrogens is 340 g/mol. The Morgan fingerprint density at radius 1 is 1.19 bits per heavy atom. The zero-order chi connectivity index (χ0) is 18.2. The van der Waals surface area contributed by atoms with Crippen LogP contribution in [0.3, 0.4) is 0 Å². The molecule has 7 heteroatoms. The highest BCUT2D eigenvalue weighted by Crippen LogP contribution is 2.31. The number of nitrogens with one attached hydrogen (secondary N) is 3. The van der Waals surface area contributed by atoms with Gasteiger partial charge in [0.25, 0.3) is 0 Å². The van der Waals surface area contributed by atoms with E-state index in [1.165, 1.54) is 30.2 Å². The SMILES string of the molecule is O=C(Nc1n[nH]c(C2CCCCC2)n1)N1CCc2c([nH]c3ccccc23)C1. The van der Waals surface area contributed by atoms with E-state index in [9.17, 15) is 4.79 Å². The van der Waals surface area contributed by atoms with Crippen molar-refractivity contribution in [1.82, 2.24) is 25.1 Å². The number of hydrogen-bond acceptors (Lipinski definition) is 3. The van der Waals surface area contributed by atoms with Gasteiger partial charge in [-0.15, -0.1) is 5.10 Å². The van der Waals surface area contributed by atoms with Crippen molar-refractivity contribution in [2.24, 2.45) is 0 Å². The van der Waals surface area contributed by atoms with Crippen LogP contribution in [0.4, 0.5) is 10.7 Å². The van der Waals surface area contributed by atoms with E-state index in [0.717, 1.165) is 36.3 Å². The van der Waals surface area contributed by atoms with Crippen molar-refractivity contribution in [2.45, 2.75) is 51.0 Å². The van der Waals surface area contributed by atoms with Gasteiger partial charge in [-0.1, -0.05) is 37.5 Å². The van der Waals surface area contributed by atoms with Crippen LogP contribution in [-0.4, -0.2) is 37.6 Å². The third-order valence-electron chi connectivity index (χ3n) is 5.88. The van der Waals surface area contributed by atoms with Gasteiger partial charge in [0.1, 0.15) is 5.82 Å². The third-order valence-corrected chi connectivity index (χ3v) is 5.88. The van der Waals surface area contributed by atoms with Gasteiger partial charge in [-0.25, -0.2) is 4.79 Å². The van der Waals surface area contributed by atoms with Gasteiger partial charge in [0.05, 0.1) is 6.54 Å². The summed E-state index contributed by atoms with van der Waals surface area (Å²) in [7, 11) is 0. The first-order valence-corrected chi connectivity index (χ1v) is 9.84. The zero-order valence-corrected chi connectivity index (χ0v) is 15.3. The highest BCUT2D eigenvalue weighted by molar-refractivity contribution is 5.89. The van der Waals surface area contributed by atoms with Crippen molar-refractivity contribution in [2.75, 3.05) is 11.9 Å². The van der Waals surface area contributed by atoms with Crippen LogP contribution >= 0.6 is 0 Å². The quantitative estimate of drug-likeness (QED) is 0.644. The van der Waals surface area contributed by atoms with Crippen LogP contribution in [0.15, 0.2) is 24.3 Å². The molecule has 1 aliphatic heterocycles. The minimum atomic E-state index is -0.145. The molecule has 0 bridgehead atoms. The number of benzene rings is 1. The van der Waals surface area contributed by atoms with Crippen LogP contribution in [-0.2, 0) is 13.0 Å². The summed E-state index contributed by atoms with van der Waals surface area (Å²) in [5, 5.41) is 11.3. The molecule has 3 heterocycles. The van der Waals surface area contributed by atoms with E-state index in [1.54, 1.807) is 0 Å². The lowest BCUT2D eigenvalue weighted by atomic mass is 9.89. The Morgan fingerprint density at radius 2 is 2.04 bits per heavy atom. The number of para-hydroxylation sites is 1. The van der Waals surface area contributed by atoms with Gasteiger partial charge in [-0.2, -0.15) is 4.98 Å². The first-order chi connectivity index (χ1) is 13.3. The Kier molecular flexibility index (Phi) is 4.07. The summed E-state index contributed by atoms with van der Waals surface area (Å²) in [6.45, 7) is 1.27. The fourth-order valence-corrected chi connectivity index (χ4v) is 4.43. The van der Waals surface area contributed by atoms with E-state index < -0.39 is 0 Å².